The van der Waals surface area contributed by atoms with Gasteiger partial charge in [-0.15, -0.1) is 0 Å². The largest absolute Gasteiger partial charge is 0.477 e. The number of rotatable bonds is 4. The summed E-state index contributed by atoms with van der Waals surface area (Å²) in [5.74, 6) is -3.17. The van der Waals surface area contributed by atoms with Crippen molar-refractivity contribution in [3.05, 3.63) is 61.7 Å². The average molecular weight is 488 g/mol. The molecule has 1 fully saturated rings. The molecular formula is C21H17FN4O7S. The summed E-state index contributed by atoms with van der Waals surface area (Å²) in [5.41, 5.74) is -0.377. The van der Waals surface area contributed by atoms with Gasteiger partial charge in [0.1, 0.15) is 16.3 Å². The van der Waals surface area contributed by atoms with E-state index in [9.17, 15) is 29.6 Å². The Bertz CT molecular complexity index is 1440. The number of nitrogens with zero attached hydrogens (tertiary/aromatic N) is 4. The molecule has 5 rings (SSSR count). The van der Waals surface area contributed by atoms with Crippen LogP contribution in [0.5, 0.6) is 0 Å². The van der Waals surface area contributed by atoms with Gasteiger partial charge in [-0.1, -0.05) is 11.8 Å². The summed E-state index contributed by atoms with van der Waals surface area (Å²) in [4.78, 5) is 50.2. The van der Waals surface area contributed by atoms with E-state index in [-0.39, 0.29) is 54.0 Å². The first-order valence-corrected chi connectivity index (χ1v) is 11.2. The number of carbonyl (C=O) groups excluding carboxylic acids is 1. The molecule has 1 amide bonds. The lowest BCUT2D eigenvalue weighted by Crippen LogP contribution is -2.49. The highest BCUT2D eigenvalue weighted by Gasteiger charge is 2.34. The van der Waals surface area contributed by atoms with Gasteiger partial charge in [0.05, 0.1) is 27.7 Å². The van der Waals surface area contributed by atoms with E-state index in [4.69, 9.17) is 4.42 Å². The van der Waals surface area contributed by atoms with Gasteiger partial charge in [0.2, 0.25) is 5.43 Å². The van der Waals surface area contributed by atoms with Crippen LogP contribution in [0.3, 0.4) is 0 Å². The summed E-state index contributed by atoms with van der Waals surface area (Å²) in [7, 11) is 0. The zero-order chi connectivity index (χ0) is 24.3. The summed E-state index contributed by atoms with van der Waals surface area (Å²) in [6.07, 6.45) is 0. The molecule has 13 heteroatoms. The van der Waals surface area contributed by atoms with Gasteiger partial charge < -0.3 is 23.9 Å². The minimum absolute atomic E-state index is 0.00257. The van der Waals surface area contributed by atoms with E-state index in [1.54, 1.807) is 15.5 Å². The van der Waals surface area contributed by atoms with Crippen molar-refractivity contribution in [1.82, 2.24) is 9.47 Å². The van der Waals surface area contributed by atoms with E-state index in [0.29, 0.717) is 10.5 Å². The Morgan fingerprint density at radius 1 is 1.24 bits per heavy atom. The number of carboxylic acids is 1. The number of fused-ring (bicyclic) bond motifs is 3. The third-order valence-corrected chi connectivity index (χ3v) is 7.15. The van der Waals surface area contributed by atoms with E-state index < -0.39 is 33.9 Å². The van der Waals surface area contributed by atoms with E-state index in [1.165, 1.54) is 22.7 Å². The molecule has 1 aromatic carbocycles. The van der Waals surface area contributed by atoms with Crippen molar-refractivity contribution in [2.24, 2.45) is 0 Å². The number of pyridine rings is 1. The third-order valence-electron chi connectivity index (χ3n) is 5.98. The molecule has 1 N–H and O–H groups in total. The average Bonchev–Trinajstić information content (AvgIpc) is 3.29. The number of benzene rings is 1. The van der Waals surface area contributed by atoms with Crippen LogP contribution in [0.2, 0.25) is 0 Å². The van der Waals surface area contributed by atoms with Crippen molar-refractivity contribution < 1.29 is 28.4 Å². The van der Waals surface area contributed by atoms with Crippen LogP contribution in [0.1, 0.15) is 33.2 Å². The van der Waals surface area contributed by atoms with E-state index in [0.717, 1.165) is 12.1 Å². The Kier molecular flexibility index (Phi) is 5.08. The van der Waals surface area contributed by atoms with Crippen molar-refractivity contribution in [1.29, 1.82) is 0 Å². The highest BCUT2D eigenvalue weighted by Crippen LogP contribution is 2.46. The maximum absolute atomic E-state index is 15.1. The van der Waals surface area contributed by atoms with Gasteiger partial charge in [0, 0.05) is 31.6 Å². The first kappa shape index (κ1) is 21.9. The molecule has 4 heterocycles. The second kappa shape index (κ2) is 7.87. The lowest BCUT2D eigenvalue weighted by molar-refractivity contribution is -0.402. The Labute approximate surface area is 194 Å². The van der Waals surface area contributed by atoms with Gasteiger partial charge in [-0.2, -0.15) is 0 Å². The number of furan rings is 1. The maximum Gasteiger partial charge on any atom is 0.433 e. The summed E-state index contributed by atoms with van der Waals surface area (Å²) < 4.78 is 21.8. The molecule has 34 heavy (non-hydrogen) atoms. The second-order valence-corrected chi connectivity index (χ2v) is 9.20. The molecule has 2 aliphatic heterocycles. The predicted molar refractivity (Wildman–Crippen MR) is 119 cm³/mol. The molecule has 2 aromatic heterocycles. The number of aromatic nitrogens is 1. The van der Waals surface area contributed by atoms with Gasteiger partial charge >= 0.3 is 11.9 Å². The molecule has 176 valence electrons. The quantitative estimate of drug-likeness (QED) is 0.434. The molecular weight excluding hydrogens is 471 g/mol. The van der Waals surface area contributed by atoms with Crippen LogP contribution < -0.4 is 10.3 Å². The van der Waals surface area contributed by atoms with E-state index in [1.807, 2.05) is 6.92 Å². The summed E-state index contributed by atoms with van der Waals surface area (Å²) in [6, 6.07) is 4.98. The van der Waals surface area contributed by atoms with Crippen LogP contribution in [0.25, 0.3) is 10.9 Å². The van der Waals surface area contributed by atoms with Gasteiger partial charge in [-0.05, 0) is 25.1 Å². The van der Waals surface area contributed by atoms with Gasteiger partial charge in [-0.25, -0.2) is 9.18 Å². The molecule has 0 bridgehead atoms. The number of carboxylic acid groups (broad SMARTS) is 1. The van der Waals surface area contributed by atoms with Gasteiger partial charge in [0.25, 0.3) is 5.91 Å². The summed E-state index contributed by atoms with van der Waals surface area (Å²) >= 11 is 1.27. The molecule has 1 atom stereocenters. The van der Waals surface area contributed by atoms with Gasteiger partial charge in [0.15, 0.2) is 5.76 Å². The van der Waals surface area contributed by atoms with Crippen molar-refractivity contribution >= 4 is 46.1 Å². The molecule has 11 nitrogen and oxygen atoms in total. The zero-order valence-electron chi connectivity index (χ0n) is 17.7. The van der Waals surface area contributed by atoms with Crippen molar-refractivity contribution in [2.45, 2.75) is 17.3 Å². The Hall–Kier alpha value is -3.87. The highest BCUT2D eigenvalue weighted by atomic mass is 32.2. The van der Waals surface area contributed by atoms with E-state index >= 15 is 4.39 Å². The van der Waals surface area contributed by atoms with Crippen molar-refractivity contribution in [3.8, 4) is 0 Å². The lowest BCUT2D eigenvalue weighted by Gasteiger charge is -2.37. The maximum atomic E-state index is 15.1. The topological polar surface area (TPSA) is 139 Å². The van der Waals surface area contributed by atoms with Crippen LogP contribution in [-0.4, -0.2) is 57.6 Å². The number of amides is 1. The SMILES string of the molecule is CC1Sc2c(C(=O)O)c(=O)c3cc(F)c(N4CCN(C(=O)c5ccc([N+](=O)[O-])o5)CC4)cc3n21. The Morgan fingerprint density at radius 3 is 2.53 bits per heavy atom. The van der Waals surface area contributed by atoms with Crippen LogP contribution in [0, 0.1) is 15.9 Å². The Balaban J connectivity index is 1.42. The number of hydrogen-bond donors (Lipinski definition) is 1. The van der Waals surface area contributed by atoms with Crippen LogP contribution >= 0.6 is 11.8 Å². The van der Waals surface area contributed by atoms with Gasteiger partial charge in [-0.3, -0.25) is 19.7 Å². The first-order chi connectivity index (χ1) is 16.2. The molecule has 0 radical (unpaired) electrons. The molecule has 0 aliphatic carbocycles. The number of carbonyl (C=O) groups is 2. The number of piperazine rings is 1. The fourth-order valence-electron chi connectivity index (χ4n) is 4.31. The number of halogens is 1. The number of thioether (sulfide) groups is 1. The molecule has 2 aliphatic rings. The van der Waals surface area contributed by atoms with Crippen LogP contribution in [0.4, 0.5) is 16.0 Å². The molecule has 0 spiro atoms. The summed E-state index contributed by atoms with van der Waals surface area (Å²) in [5, 5.41) is 20.5. The number of aromatic carboxylic acids is 1. The third kappa shape index (κ3) is 3.31. The fourth-order valence-corrected chi connectivity index (χ4v) is 5.47. The lowest BCUT2D eigenvalue weighted by atomic mass is 10.1. The first-order valence-electron chi connectivity index (χ1n) is 10.3. The number of anilines is 1. The molecule has 1 unspecified atom stereocenters. The zero-order valence-corrected chi connectivity index (χ0v) is 18.5. The standard InChI is InChI=1S/C21H17FN4O7S/c1-10-25-13-9-14(12(22)8-11(13)18(27)17(21(29)30)20(25)34-10)23-4-6-24(7-5-23)19(28)15-2-3-16(33-15)26(31)32/h2-3,8-10H,4-7H2,1H3,(H,29,30). The fraction of sp³-hybridized carbons (Fsp3) is 0.286. The van der Waals surface area contributed by atoms with Crippen LogP contribution in [-0.2, 0) is 0 Å². The van der Waals surface area contributed by atoms with Crippen molar-refractivity contribution in [3.63, 3.8) is 0 Å². The number of nitro groups is 1. The molecule has 3 aromatic rings. The van der Waals surface area contributed by atoms with Crippen molar-refractivity contribution in [2.75, 3.05) is 31.1 Å². The summed E-state index contributed by atoms with van der Waals surface area (Å²) in [6.45, 7) is 2.89. The highest BCUT2D eigenvalue weighted by molar-refractivity contribution is 8.00. The predicted octanol–water partition coefficient (Wildman–Crippen LogP) is 2.93. The number of hydrogen-bond acceptors (Lipinski definition) is 8. The molecule has 1 saturated heterocycles. The van der Waals surface area contributed by atoms with E-state index in [2.05, 4.69) is 0 Å². The monoisotopic (exact) mass is 488 g/mol. The second-order valence-electron chi connectivity index (χ2n) is 7.90. The smallest absolute Gasteiger partial charge is 0.433 e. The van der Waals surface area contributed by atoms with Crippen LogP contribution in [0.15, 0.2) is 38.5 Å². The molecule has 0 saturated carbocycles. The normalized spacial score (nSPS) is 17.4. The minimum Gasteiger partial charge on any atom is -0.477 e. The minimum atomic E-state index is -1.35. The Morgan fingerprint density at radius 2 is 1.94 bits per heavy atom.